The number of nitrogens with zero attached hydrogens (tertiary/aromatic N) is 1. The molecule has 1 heterocycles. The van der Waals surface area contributed by atoms with E-state index in [1.54, 1.807) is 6.20 Å². The Bertz CT molecular complexity index is 549. The highest BCUT2D eigenvalue weighted by atomic mass is 16.5. The lowest BCUT2D eigenvalue weighted by Gasteiger charge is -2.34. The Kier molecular flexibility index (Phi) is 4.14. The summed E-state index contributed by atoms with van der Waals surface area (Å²) in [5.41, 5.74) is 3.59. The van der Waals surface area contributed by atoms with Crippen molar-refractivity contribution in [1.29, 1.82) is 0 Å². The molecular weight excluding hydrogens is 238 g/mol. The Morgan fingerprint density at radius 3 is 2.84 bits per heavy atom. The number of nitrogens with two attached hydrogens (primary N) is 1. The standard InChI is InChI=1S/C15H21N3O/c1-4-19-15(2,3)14(18-16)12-7-5-6-11-8-9-17-10-13(11)12/h5-10,14,18H,4,16H2,1-3H3. The lowest BCUT2D eigenvalue weighted by Crippen LogP contribution is -2.44. The highest BCUT2D eigenvalue weighted by Gasteiger charge is 2.31. The van der Waals surface area contributed by atoms with Gasteiger partial charge in [0, 0.05) is 24.4 Å². The van der Waals surface area contributed by atoms with Crippen LogP contribution in [0.4, 0.5) is 0 Å². The van der Waals surface area contributed by atoms with Crippen molar-refractivity contribution in [2.24, 2.45) is 5.84 Å². The molecule has 0 saturated carbocycles. The SMILES string of the molecule is CCOC(C)(C)C(NN)c1cccc2ccncc12. The summed E-state index contributed by atoms with van der Waals surface area (Å²) in [6.07, 6.45) is 3.67. The molecule has 1 aromatic heterocycles. The predicted octanol–water partition coefficient (Wildman–Crippen LogP) is 2.55. The van der Waals surface area contributed by atoms with Gasteiger partial charge < -0.3 is 4.74 Å². The number of hydrogen-bond donors (Lipinski definition) is 2. The topological polar surface area (TPSA) is 60.2 Å². The van der Waals surface area contributed by atoms with E-state index in [9.17, 15) is 0 Å². The summed E-state index contributed by atoms with van der Waals surface area (Å²) in [5, 5.41) is 2.25. The zero-order valence-corrected chi connectivity index (χ0v) is 11.7. The quantitative estimate of drug-likeness (QED) is 0.640. The molecule has 2 rings (SSSR count). The smallest absolute Gasteiger partial charge is 0.0833 e. The van der Waals surface area contributed by atoms with E-state index in [0.29, 0.717) is 6.61 Å². The van der Waals surface area contributed by atoms with Crippen molar-refractivity contribution in [3.63, 3.8) is 0 Å². The van der Waals surface area contributed by atoms with E-state index in [0.717, 1.165) is 16.3 Å². The van der Waals surface area contributed by atoms with Gasteiger partial charge in [-0.05, 0) is 37.8 Å². The molecule has 2 aromatic rings. The molecule has 0 saturated heterocycles. The molecule has 1 aromatic carbocycles. The van der Waals surface area contributed by atoms with Crippen LogP contribution >= 0.6 is 0 Å². The molecule has 3 N–H and O–H groups in total. The van der Waals surface area contributed by atoms with Crippen LogP contribution in [0.1, 0.15) is 32.4 Å². The summed E-state index contributed by atoms with van der Waals surface area (Å²) < 4.78 is 5.82. The molecule has 0 amide bonds. The van der Waals surface area contributed by atoms with Crippen LogP contribution in [0.15, 0.2) is 36.7 Å². The van der Waals surface area contributed by atoms with E-state index in [-0.39, 0.29) is 6.04 Å². The minimum Gasteiger partial charge on any atom is -0.374 e. The van der Waals surface area contributed by atoms with Crippen LogP contribution in [0.3, 0.4) is 0 Å². The van der Waals surface area contributed by atoms with E-state index in [1.807, 2.05) is 39.1 Å². The van der Waals surface area contributed by atoms with Gasteiger partial charge in [0.15, 0.2) is 0 Å². The second kappa shape index (κ2) is 5.65. The first-order valence-electron chi connectivity index (χ1n) is 6.53. The second-order valence-electron chi connectivity index (χ2n) is 5.08. The summed E-state index contributed by atoms with van der Waals surface area (Å²) in [6, 6.07) is 8.07. The van der Waals surface area contributed by atoms with Crippen molar-refractivity contribution in [3.8, 4) is 0 Å². The first kappa shape index (κ1) is 13.9. The number of hydrogen-bond acceptors (Lipinski definition) is 4. The van der Waals surface area contributed by atoms with Crippen molar-refractivity contribution < 1.29 is 4.74 Å². The van der Waals surface area contributed by atoms with Gasteiger partial charge in [-0.3, -0.25) is 16.3 Å². The van der Waals surface area contributed by atoms with Crippen molar-refractivity contribution in [1.82, 2.24) is 10.4 Å². The van der Waals surface area contributed by atoms with Gasteiger partial charge in [-0.1, -0.05) is 18.2 Å². The van der Waals surface area contributed by atoms with Crippen molar-refractivity contribution in [2.45, 2.75) is 32.4 Å². The Morgan fingerprint density at radius 2 is 2.16 bits per heavy atom. The Balaban J connectivity index is 2.52. The van der Waals surface area contributed by atoms with Crippen LogP contribution in [0.2, 0.25) is 0 Å². The average molecular weight is 259 g/mol. The largest absolute Gasteiger partial charge is 0.374 e. The molecule has 0 fully saturated rings. The maximum Gasteiger partial charge on any atom is 0.0833 e. The lowest BCUT2D eigenvalue weighted by atomic mass is 9.89. The summed E-state index contributed by atoms with van der Waals surface area (Å²) in [5.74, 6) is 5.76. The Morgan fingerprint density at radius 1 is 1.37 bits per heavy atom. The molecule has 0 bridgehead atoms. The maximum atomic E-state index is 5.82. The molecule has 19 heavy (non-hydrogen) atoms. The van der Waals surface area contributed by atoms with Crippen LogP contribution in [0, 0.1) is 0 Å². The average Bonchev–Trinajstić information content (AvgIpc) is 2.39. The van der Waals surface area contributed by atoms with Gasteiger partial charge in [0.2, 0.25) is 0 Å². The summed E-state index contributed by atoms with van der Waals surface area (Å²) >= 11 is 0. The number of fused-ring (bicyclic) bond motifs is 1. The number of ether oxygens (including phenoxy) is 1. The molecule has 0 radical (unpaired) electrons. The molecule has 102 valence electrons. The molecule has 0 aliphatic rings. The van der Waals surface area contributed by atoms with Crippen LogP contribution < -0.4 is 11.3 Å². The molecule has 0 aliphatic carbocycles. The normalized spacial score (nSPS) is 13.7. The summed E-state index contributed by atoms with van der Waals surface area (Å²) in [6.45, 7) is 6.71. The molecule has 1 unspecified atom stereocenters. The van der Waals surface area contributed by atoms with Crippen molar-refractivity contribution in [2.75, 3.05) is 6.61 Å². The first-order chi connectivity index (χ1) is 9.10. The molecular formula is C15H21N3O. The molecule has 0 aliphatic heterocycles. The third kappa shape index (κ3) is 2.76. The minimum atomic E-state index is -0.395. The van der Waals surface area contributed by atoms with Crippen LogP contribution in [-0.2, 0) is 4.74 Å². The van der Waals surface area contributed by atoms with Gasteiger partial charge in [0.1, 0.15) is 0 Å². The molecule has 4 heteroatoms. The second-order valence-corrected chi connectivity index (χ2v) is 5.08. The summed E-state index contributed by atoms with van der Waals surface area (Å²) in [4.78, 5) is 4.21. The molecule has 4 nitrogen and oxygen atoms in total. The molecule has 0 spiro atoms. The zero-order valence-electron chi connectivity index (χ0n) is 11.7. The number of nitrogens with one attached hydrogen (secondary N) is 1. The fourth-order valence-corrected chi connectivity index (χ4v) is 2.51. The number of pyridine rings is 1. The fourth-order valence-electron chi connectivity index (χ4n) is 2.51. The van der Waals surface area contributed by atoms with Gasteiger partial charge in [-0.15, -0.1) is 0 Å². The summed E-state index contributed by atoms with van der Waals surface area (Å²) in [7, 11) is 0. The van der Waals surface area contributed by atoms with Gasteiger partial charge in [0.25, 0.3) is 0 Å². The first-order valence-corrected chi connectivity index (χ1v) is 6.53. The number of aromatic nitrogens is 1. The predicted molar refractivity (Wildman–Crippen MR) is 77.5 cm³/mol. The Hall–Kier alpha value is -1.49. The van der Waals surface area contributed by atoms with Crippen molar-refractivity contribution in [3.05, 3.63) is 42.2 Å². The van der Waals surface area contributed by atoms with E-state index in [1.165, 1.54) is 0 Å². The van der Waals surface area contributed by atoms with E-state index in [2.05, 4.69) is 22.5 Å². The van der Waals surface area contributed by atoms with E-state index in [4.69, 9.17) is 10.6 Å². The minimum absolute atomic E-state index is 0.0969. The van der Waals surface area contributed by atoms with E-state index >= 15 is 0 Å². The van der Waals surface area contributed by atoms with Crippen LogP contribution in [-0.4, -0.2) is 17.2 Å². The van der Waals surface area contributed by atoms with Crippen LogP contribution in [0.5, 0.6) is 0 Å². The van der Waals surface area contributed by atoms with Gasteiger partial charge in [0.05, 0.1) is 11.6 Å². The van der Waals surface area contributed by atoms with Gasteiger partial charge in [-0.25, -0.2) is 0 Å². The van der Waals surface area contributed by atoms with Crippen LogP contribution in [0.25, 0.3) is 10.8 Å². The van der Waals surface area contributed by atoms with Gasteiger partial charge in [-0.2, -0.15) is 0 Å². The Labute approximate surface area is 113 Å². The highest BCUT2D eigenvalue weighted by molar-refractivity contribution is 5.85. The highest BCUT2D eigenvalue weighted by Crippen LogP contribution is 2.32. The lowest BCUT2D eigenvalue weighted by molar-refractivity contribution is -0.0389. The monoisotopic (exact) mass is 259 g/mol. The third-order valence-electron chi connectivity index (χ3n) is 3.41. The number of benzene rings is 1. The van der Waals surface area contributed by atoms with Gasteiger partial charge >= 0.3 is 0 Å². The number of rotatable bonds is 5. The van der Waals surface area contributed by atoms with E-state index < -0.39 is 5.60 Å². The van der Waals surface area contributed by atoms with Crippen molar-refractivity contribution >= 4 is 10.8 Å². The fraction of sp³-hybridized carbons (Fsp3) is 0.400. The zero-order chi connectivity index (χ0) is 13.9. The maximum absolute atomic E-state index is 5.82. The number of hydrazine groups is 1. The molecule has 1 atom stereocenters. The third-order valence-corrected chi connectivity index (χ3v) is 3.41.